The van der Waals surface area contributed by atoms with Crippen LogP contribution in [0, 0.1) is 0 Å². The number of hydrogen-bond acceptors (Lipinski definition) is 5. The van der Waals surface area contributed by atoms with Gasteiger partial charge >= 0.3 is 5.97 Å². The number of amides is 1. The Balaban J connectivity index is 1.71. The number of aliphatic carboxylic acids is 1. The van der Waals surface area contributed by atoms with E-state index in [-0.39, 0.29) is 18.6 Å². The molecular formula is C22H34N2O5. The van der Waals surface area contributed by atoms with E-state index in [0.29, 0.717) is 32.4 Å². The minimum atomic E-state index is -0.974. The van der Waals surface area contributed by atoms with E-state index in [0.717, 1.165) is 24.3 Å². The van der Waals surface area contributed by atoms with E-state index in [1.165, 1.54) is 19.3 Å². The van der Waals surface area contributed by atoms with Crippen molar-refractivity contribution in [1.29, 1.82) is 0 Å². The summed E-state index contributed by atoms with van der Waals surface area (Å²) in [6.07, 6.45) is 6.34. The number of carboxylic acids is 1. The zero-order chi connectivity index (χ0) is 21.1. The topological polar surface area (TPSA) is 102 Å². The van der Waals surface area contributed by atoms with E-state index in [1.807, 2.05) is 24.3 Å². The van der Waals surface area contributed by atoms with Crippen LogP contribution in [0.3, 0.4) is 0 Å². The number of carboxylic acid groups (broad SMARTS) is 1. The van der Waals surface area contributed by atoms with Crippen LogP contribution in [-0.2, 0) is 20.7 Å². The third kappa shape index (κ3) is 8.41. The molecule has 3 N–H and O–H groups in total. The molecule has 0 spiro atoms. The number of likely N-dealkylation sites (tertiary alicyclic amines) is 1. The first-order valence-corrected chi connectivity index (χ1v) is 10.6. The summed E-state index contributed by atoms with van der Waals surface area (Å²) in [6, 6.07) is 7.18. The molecule has 0 saturated carbocycles. The van der Waals surface area contributed by atoms with Crippen molar-refractivity contribution in [3.63, 3.8) is 0 Å². The highest BCUT2D eigenvalue weighted by atomic mass is 16.5. The second-order valence-corrected chi connectivity index (χ2v) is 7.59. The molecule has 1 aromatic carbocycles. The van der Waals surface area contributed by atoms with Crippen LogP contribution in [0.1, 0.15) is 51.0 Å². The standard InChI is InChI=1S/C22H34N2O5/c1-2-3-4-5-14-28-18-8-6-17(7-9-18)15-20(23)22(27)24-12-10-19(11-13-24)29-16-21(25)26/h6-9,19-20H,2-5,10-16,23H2,1H3,(H,25,26)/t20-/m0/s1. The van der Waals surface area contributed by atoms with E-state index < -0.39 is 12.0 Å². The number of rotatable bonds is 12. The fraction of sp³-hybridized carbons (Fsp3) is 0.636. The molecule has 2 rings (SSSR count). The predicted molar refractivity (Wildman–Crippen MR) is 111 cm³/mol. The Labute approximate surface area is 173 Å². The highest BCUT2D eigenvalue weighted by molar-refractivity contribution is 5.82. The average molecular weight is 407 g/mol. The molecule has 1 aromatic rings. The molecule has 0 radical (unpaired) electrons. The summed E-state index contributed by atoms with van der Waals surface area (Å²) in [5.74, 6) is -0.204. The summed E-state index contributed by atoms with van der Waals surface area (Å²) in [7, 11) is 0. The first kappa shape index (κ1) is 23.2. The van der Waals surface area contributed by atoms with Crippen LogP contribution in [-0.4, -0.2) is 60.3 Å². The summed E-state index contributed by atoms with van der Waals surface area (Å²) < 4.78 is 11.1. The maximum absolute atomic E-state index is 12.6. The molecule has 0 aromatic heterocycles. The van der Waals surface area contributed by atoms with Crippen LogP contribution < -0.4 is 10.5 Å². The van der Waals surface area contributed by atoms with Crippen LogP contribution in [0.2, 0.25) is 0 Å². The van der Waals surface area contributed by atoms with Crippen molar-refractivity contribution in [2.75, 3.05) is 26.3 Å². The molecule has 1 saturated heterocycles. The minimum Gasteiger partial charge on any atom is -0.494 e. The number of benzene rings is 1. The molecule has 7 nitrogen and oxygen atoms in total. The van der Waals surface area contributed by atoms with Crippen molar-refractivity contribution in [1.82, 2.24) is 4.90 Å². The maximum Gasteiger partial charge on any atom is 0.329 e. The van der Waals surface area contributed by atoms with Gasteiger partial charge in [-0.2, -0.15) is 0 Å². The van der Waals surface area contributed by atoms with Crippen LogP contribution in [0.5, 0.6) is 5.75 Å². The lowest BCUT2D eigenvalue weighted by atomic mass is 10.0. The molecule has 0 aliphatic carbocycles. The summed E-state index contributed by atoms with van der Waals surface area (Å²) in [5, 5.41) is 8.67. The second kappa shape index (κ2) is 12.4. The molecule has 29 heavy (non-hydrogen) atoms. The molecule has 0 unspecified atom stereocenters. The Kier molecular flexibility index (Phi) is 9.94. The molecule has 1 aliphatic heterocycles. The molecule has 7 heteroatoms. The van der Waals surface area contributed by atoms with Gasteiger partial charge in [0.1, 0.15) is 12.4 Å². The molecule has 1 atom stereocenters. The lowest BCUT2D eigenvalue weighted by Gasteiger charge is -2.33. The molecule has 1 heterocycles. The van der Waals surface area contributed by atoms with E-state index in [1.54, 1.807) is 4.90 Å². The third-order valence-electron chi connectivity index (χ3n) is 5.16. The lowest BCUT2D eigenvalue weighted by molar-refractivity contribution is -0.147. The van der Waals surface area contributed by atoms with Gasteiger partial charge in [-0.05, 0) is 43.4 Å². The van der Waals surface area contributed by atoms with E-state index in [4.69, 9.17) is 20.3 Å². The minimum absolute atomic E-state index is 0.0714. The zero-order valence-electron chi connectivity index (χ0n) is 17.3. The zero-order valence-corrected chi connectivity index (χ0v) is 17.3. The quantitative estimate of drug-likeness (QED) is 0.517. The van der Waals surface area contributed by atoms with Crippen molar-refractivity contribution in [3.8, 4) is 5.75 Å². The van der Waals surface area contributed by atoms with Gasteiger partial charge in [0.15, 0.2) is 0 Å². The van der Waals surface area contributed by atoms with Crippen molar-refractivity contribution in [3.05, 3.63) is 29.8 Å². The van der Waals surface area contributed by atoms with Gasteiger partial charge in [-0.3, -0.25) is 4.79 Å². The van der Waals surface area contributed by atoms with E-state index in [9.17, 15) is 9.59 Å². The van der Waals surface area contributed by atoms with Gasteiger partial charge in [0.05, 0.1) is 18.8 Å². The molecule has 1 amide bonds. The largest absolute Gasteiger partial charge is 0.494 e. The molecule has 1 aliphatic rings. The number of unbranched alkanes of at least 4 members (excludes halogenated alkanes) is 3. The number of nitrogens with zero attached hydrogens (tertiary/aromatic N) is 1. The Morgan fingerprint density at radius 1 is 1.17 bits per heavy atom. The molecule has 0 bridgehead atoms. The van der Waals surface area contributed by atoms with Crippen molar-refractivity contribution < 1.29 is 24.2 Å². The van der Waals surface area contributed by atoms with Gasteiger partial charge in [-0.15, -0.1) is 0 Å². The van der Waals surface area contributed by atoms with Crippen molar-refractivity contribution >= 4 is 11.9 Å². The number of ether oxygens (including phenoxy) is 2. The number of hydrogen-bond donors (Lipinski definition) is 2. The van der Waals surface area contributed by atoms with Gasteiger partial charge in [0, 0.05) is 13.1 Å². The summed E-state index contributed by atoms with van der Waals surface area (Å²) in [5.41, 5.74) is 7.15. The normalized spacial score (nSPS) is 15.9. The van der Waals surface area contributed by atoms with Gasteiger partial charge in [-0.1, -0.05) is 38.3 Å². The number of carbonyl (C=O) groups excluding carboxylic acids is 1. The van der Waals surface area contributed by atoms with Crippen LogP contribution in [0.15, 0.2) is 24.3 Å². The van der Waals surface area contributed by atoms with Crippen LogP contribution >= 0.6 is 0 Å². The van der Waals surface area contributed by atoms with Crippen molar-refractivity contribution in [2.45, 2.75) is 64.0 Å². The summed E-state index contributed by atoms with van der Waals surface area (Å²) >= 11 is 0. The Morgan fingerprint density at radius 3 is 2.48 bits per heavy atom. The van der Waals surface area contributed by atoms with E-state index in [2.05, 4.69) is 6.92 Å². The third-order valence-corrected chi connectivity index (χ3v) is 5.16. The van der Waals surface area contributed by atoms with Crippen LogP contribution in [0.25, 0.3) is 0 Å². The predicted octanol–water partition coefficient (Wildman–Crippen LogP) is 2.61. The molecule has 162 valence electrons. The van der Waals surface area contributed by atoms with E-state index >= 15 is 0 Å². The SMILES string of the molecule is CCCCCCOc1ccc(C[C@H](N)C(=O)N2CCC(OCC(=O)O)CC2)cc1. The van der Waals surface area contributed by atoms with Crippen LogP contribution in [0.4, 0.5) is 0 Å². The monoisotopic (exact) mass is 406 g/mol. The highest BCUT2D eigenvalue weighted by Gasteiger charge is 2.27. The fourth-order valence-electron chi connectivity index (χ4n) is 3.45. The average Bonchev–Trinajstić information content (AvgIpc) is 2.73. The Hall–Kier alpha value is -2.12. The summed E-state index contributed by atoms with van der Waals surface area (Å²) in [6.45, 7) is 3.71. The molecule has 1 fully saturated rings. The Morgan fingerprint density at radius 2 is 1.86 bits per heavy atom. The first-order valence-electron chi connectivity index (χ1n) is 10.6. The second-order valence-electron chi connectivity index (χ2n) is 7.59. The van der Waals surface area contributed by atoms with Gasteiger partial charge in [0.2, 0.25) is 5.91 Å². The maximum atomic E-state index is 12.6. The highest BCUT2D eigenvalue weighted by Crippen LogP contribution is 2.17. The summed E-state index contributed by atoms with van der Waals surface area (Å²) in [4.78, 5) is 24.9. The fourth-order valence-corrected chi connectivity index (χ4v) is 3.45. The Bertz CT molecular complexity index is 627. The smallest absolute Gasteiger partial charge is 0.329 e. The van der Waals surface area contributed by atoms with Gasteiger partial charge in [0.25, 0.3) is 0 Å². The van der Waals surface area contributed by atoms with Gasteiger partial charge in [-0.25, -0.2) is 4.79 Å². The first-order chi connectivity index (χ1) is 14.0. The number of carbonyl (C=O) groups is 2. The van der Waals surface area contributed by atoms with Crippen molar-refractivity contribution in [2.24, 2.45) is 5.73 Å². The molecular weight excluding hydrogens is 372 g/mol. The number of piperidine rings is 1. The van der Waals surface area contributed by atoms with Gasteiger partial charge < -0.3 is 25.2 Å². The number of nitrogens with two attached hydrogens (primary N) is 1. The lowest BCUT2D eigenvalue weighted by Crippen LogP contribution is -2.49.